The minimum Gasteiger partial charge on any atom is -0.462 e. The number of hydrogen-bond acceptors (Lipinski definition) is 15. The summed E-state index contributed by atoms with van der Waals surface area (Å²) in [5.41, 5.74) is 0. The molecule has 103 heavy (non-hydrogen) atoms. The number of phosphoric acid groups is 2. The fourth-order valence-corrected chi connectivity index (χ4v) is 14.5. The lowest BCUT2D eigenvalue weighted by Gasteiger charge is -2.21. The molecule has 0 saturated carbocycles. The van der Waals surface area contributed by atoms with E-state index in [9.17, 15) is 43.2 Å². The topological polar surface area (TPSA) is 237 Å². The standard InChI is InChI=1S/C84H164O17P2/c1-8-11-12-13-14-15-16-17-18-19-20-21-24-28-31-37-46-53-60-67-83(88)100-79(71-94-81(86)65-58-51-44-36-30-27-25-22-23-26-29-34-41-48-55-62-75(4)5)73-98-102(90,91)96-69-78(85)70-97-103(92,93)99-74-80(72-95-82(87)66-59-52-45-40-39-43-50-57-64-77(7)10-3)101-84(89)68-61-54-47-38-33-32-35-42-49-56-63-76(6)9-2/h75-80,85H,8-74H2,1-7H3,(H,90,91)(H,92,93)/t76?,77?,78-,79-,80-/m1/s1. The second-order valence-electron chi connectivity index (χ2n) is 31.2. The molecular weight excluding hydrogens is 1340 g/mol. The van der Waals surface area contributed by atoms with Crippen molar-refractivity contribution in [2.24, 2.45) is 17.8 Å². The van der Waals surface area contributed by atoms with Gasteiger partial charge in [0, 0.05) is 25.7 Å². The highest BCUT2D eigenvalue weighted by atomic mass is 31.2. The first kappa shape index (κ1) is 101. The highest BCUT2D eigenvalue weighted by Gasteiger charge is 2.30. The molecule has 0 aromatic rings. The average Bonchev–Trinajstić information content (AvgIpc) is 0.931. The van der Waals surface area contributed by atoms with Crippen molar-refractivity contribution < 1.29 is 80.2 Å². The third-order valence-electron chi connectivity index (χ3n) is 20.4. The largest absolute Gasteiger partial charge is 0.472 e. The summed E-state index contributed by atoms with van der Waals surface area (Å²) in [6.07, 6.45) is 63.7. The van der Waals surface area contributed by atoms with E-state index < -0.39 is 97.5 Å². The SMILES string of the molecule is CCCCCCCCCCCCCCCCCCCCCC(=O)O[C@H](COC(=O)CCCCCCCCCCCCCCCCCC(C)C)COP(=O)(O)OC[C@@H](O)COP(=O)(O)OC[C@@H](COC(=O)CCCCCCCCCCC(C)CC)OC(=O)CCCCCCCCCCCCC(C)CC. The third kappa shape index (κ3) is 75.3. The van der Waals surface area contributed by atoms with E-state index in [1.807, 2.05) is 0 Å². The van der Waals surface area contributed by atoms with Crippen LogP contribution in [0.3, 0.4) is 0 Å². The number of esters is 4. The molecule has 0 aromatic heterocycles. The van der Waals surface area contributed by atoms with E-state index in [2.05, 4.69) is 48.5 Å². The molecule has 0 fully saturated rings. The van der Waals surface area contributed by atoms with Gasteiger partial charge in [-0.15, -0.1) is 0 Å². The number of unbranched alkanes of at least 4 members (excludes halogenated alkanes) is 48. The number of hydrogen-bond donors (Lipinski definition) is 3. The summed E-state index contributed by atoms with van der Waals surface area (Å²) in [4.78, 5) is 73.2. The van der Waals surface area contributed by atoms with Gasteiger partial charge in [0.2, 0.25) is 0 Å². The van der Waals surface area contributed by atoms with Crippen LogP contribution in [0.2, 0.25) is 0 Å². The first-order chi connectivity index (χ1) is 49.8. The third-order valence-corrected chi connectivity index (χ3v) is 22.3. The zero-order valence-corrected chi connectivity index (χ0v) is 69.6. The van der Waals surface area contributed by atoms with Gasteiger partial charge in [-0.25, -0.2) is 9.13 Å². The molecule has 612 valence electrons. The van der Waals surface area contributed by atoms with Crippen molar-refractivity contribution in [2.75, 3.05) is 39.6 Å². The Morgan fingerprint density at radius 3 is 0.738 bits per heavy atom. The van der Waals surface area contributed by atoms with Gasteiger partial charge in [-0.1, -0.05) is 389 Å². The van der Waals surface area contributed by atoms with Crippen molar-refractivity contribution in [3.63, 3.8) is 0 Å². The monoisotopic (exact) mass is 1510 g/mol. The zero-order valence-electron chi connectivity index (χ0n) is 67.8. The Kier molecular flexibility index (Phi) is 72.8. The first-order valence-corrected chi connectivity index (χ1v) is 46.4. The lowest BCUT2D eigenvalue weighted by molar-refractivity contribution is -0.161. The van der Waals surface area contributed by atoms with Gasteiger partial charge in [0.25, 0.3) is 0 Å². The van der Waals surface area contributed by atoms with Gasteiger partial charge < -0.3 is 33.8 Å². The Balaban J connectivity index is 5.26. The summed E-state index contributed by atoms with van der Waals surface area (Å²) in [6.45, 7) is 12.0. The van der Waals surface area contributed by atoms with Crippen molar-refractivity contribution in [3.05, 3.63) is 0 Å². The van der Waals surface area contributed by atoms with Crippen LogP contribution in [0.4, 0.5) is 0 Å². The molecule has 0 aliphatic heterocycles. The van der Waals surface area contributed by atoms with Gasteiger partial charge in [-0.05, 0) is 43.4 Å². The van der Waals surface area contributed by atoms with Crippen LogP contribution in [0, 0.1) is 17.8 Å². The van der Waals surface area contributed by atoms with Crippen LogP contribution in [0.15, 0.2) is 0 Å². The quantitative estimate of drug-likeness (QED) is 0.0222. The van der Waals surface area contributed by atoms with Crippen molar-refractivity contribution in [2.45, 2.75) is 458 Å². The Morgan fingerprint density at radius 2 is 0.495 bits per heavy atom. The smallest absolute Gasteiger partial charge is 0.462 e. The number of aliphatic hydroxyl groups is 1. The van der Waals surface area contributed by atoms with Crippen LogP contribution in [0.5, 0.6) is 0 Å². The van der Waals surface area contributed by atoms with Gasteiger partial charge in [0.05, 0.1) is 26.4 Å². The molecule has 0 aliphatic rings. The summed E-state index contributed by atoms with van der Waals surface area (Å²) in [5.74, 6) is 0.280. The maximum absolute atomic E-state index is 13.1. The molecule has 19 heteroatoms. The Morgan fingerprint density at radius 1 is 0.282 bits per heavy atom. The molecule has 0 spiro atoms. The fraction of sp³-hybridized carbons (Fsp3) is 0.952. The minimum atomic E-state index is -4.97. The maximum atomic E-state index is 13.1. The molecular formula is C84H164O17P2. The van der Waals surface area contributed by atoms with E-state index in [0.29, 0.717) is 25.7 Å². The van der Waals surface area contributed by atoms with Crippen molar-refractivity contribution >= 4 is 39.5 Å². The van der Waals surface area contributed by atoms with Gasteiger partial charge in [-0.2, -0.15) is 0 Å². The molecule has 0 radical (unpaired) electrons. The second-order valence-corrected chi connectivity index (χ2v) is 34.1. The molecule has 3 N–H and O–H groups in total. The Labute approximate surface area is 632 Å². The summed E-state index contributed by atoms with van der Waals surface area (Å²) >= 11 is 0. The molecule has 0 amide bonds. The summed E-state index contributed by atoms with van der Waals surface area (Å²) in [6, 6.07) is 0. The molecule has 7 atom stereocenters. The predicted octanol–water partition coefficient (Wildman–Crippen LogP) is 25.3. The average molecular weight is 1510 g/mol. The number of carbonyl (C=O) groups excluding carboxylic acids is 4. The summed E-state index contributed by atoms with van der Waals surface area (Å²) in [5, 5.41) is 10.7. The summed E-state index contributed by atoms with van der Waals surface area (Å²) < 4.78 is 68.9. The molecule has 0 saturated heterocycles. The second kappa shape index (κ2) is 74.2. The Hall–Kier alpha value is -1.94. The number of carbonyl (C=O) groups is 4. The highest BCUT2D eigenvalue weighted by Crippen LogP contribution is 2.45. The number of ether oxygens (including phenoxy) is 4. The normalized spacial score (nSPS) is 14.4. The number of phosphoric ester groups is 2. The number of aliphatic hydroxyl groups excluding tert-OH is 1. The van der Waals surface area contributed by atoms with Gasteiger partial charge in [0.1, 0.15) is 19.3 Å². The first-order valence-electron chi connectivity index (χ1n) is 43.4. The molecule has 0 heterocycles. The maximum Gasteiger partial charge on any atom is 0.472 e. The zero-order chi connectivity index (χ0) is 75.8. The lowest BCUT2D eigenvalue weighted by atomic mass is 9.99. The number of rotatable bonds is 82. The predicted molar refractivity (Wildman–Crippen MR) is 423 cm³/mol. The van der Waals surface area contributed by atoms with Crippen LogP contribution in [0.1, 0.15) is 440 Å². The van der Waals surface area contributed by atoms with E-state index in [1.165, 1.54) is 250 Å². The molecule has 0 aromatic carbocycles. The van der Waals surface area contributed by atoms with Crippen LogP contribution in [-0.2, 0) is 65.4 Å². The molecule has 0 bridgehead atoms. The molecule has 4 unspecified atom stereocenters. The van der Waals surface area contributed by atoms with E-state index >= 15 is 0 Å². The lowest BCUT2D eigenvalue weighted by Crippen LogP contribution is -2.30. The van der Waals surface area contributed by atoms with Crippen LogP contribution in [0.25, 0.3) is 0 Å². The van der Waals surface area contributed by atoms with E-state index in [4.69, 9.17) is 37.0 Å². The van der Waals surface area contributed by atoms with E-state index in [0.717, 1.165) is 108 Å². The molecule has 0 rings (SSSR count). The van der Waals surface area contributed by atoms with E-state index in [-0.39, 0.29) is 25.7 Å². The van der Waals surface area contributed by atoms with Gasteiger partial charge >= 0.3 is 39.5 Å². The Bertz CT molecular complexity index is 2000. The van der Waals surface area contributed by atoms with Crippen molar-refractivity contribution in [1.29, 1.82) is 0 Å². The van der Waals surface area contributed by atoms with Crippen LogP contribution < -0.4 is 0 Å². The van der Waals surface area contributed by atoms with Crippen molar-refractivity contribution in [3.8, 4) is 0 Å². The fourth-order valence-electron chi connectivity index (χ4n) is 13.0. The van der Waals surface area contributed by atoms with Gasteiger partial charge in [-0.3, -0.25) is 37.3 Å². The molecule has 17 nitrogen and oxygen atoms in total. The van der Waals surface area contributed by atoms with Crippen LogP contribution >= 0.6 is 15.6 Å². The molecule has 0 aliphatic carbocycles. The van der Waals surface area contributed by atoms with E-state index in [1.54, 1.807) is 0 Å². The van der Waals surface area contributed by atoms with Gasteiger partial charge in [0.15, 0.2) is 12.2 Å². The minimum absolute atomic E-state index is 0.106. The van der Waals surface area contributed by atoms with Crippen molar-refractivity contribution in [1.82, 2.24) is 0 Å². The van der Waals surface area contributed by atoms with Crippen LogP contribution in [-0.4, -0.2) is 96.7 Å². The summed E-state index contributed by atoms with van der Waals surface area (Å²) in [7, 11) is -9.93. The highest BCUT2D eigenvalue weighted by molar-refractivity contribution is 7.47.